The Labute approximate surface area is 169 Å². The van der Waals surface area contributed by atoms with E-state index in [1.807, 2.05) is 59.5 Å². The third kappa shape index (κ3) is 4.50. The number of para-hydroxylation sites is 1. The topological polar surface area (TPSA) is 78.0 Å². The van der Waals surface area contributed by atoms with Gasteiger partial charge in [-0.3, -0.25) is 9.69 Å². The predicted octanol–water partition coefficient (Wildman–Crippen LogP) is 2.49. The van der Waals surface area contributed by atoms with E-state index in [9.17, 15) is 4.79 Å². The van der Waals surface area contributed by atoms with Crippen LogP contribution >= 0.6 is 0 Å². The number of amides is 1. The van der Waals surface area contributed by atoms with Crippen LogP contribution in [0.1, 0.15) is 28.0 Å². The van der Waals surface area contributed by atoms with Gasteiger partial charge >= 0.3 is 0 Å². The van der Waals surface area contributed by atoms with E-state index in [2.05, 4.69) is 21.3 Å². The highest BCUT2D eigenvalue weighted by Crippen LogP contribution is 2.13. The Hall–Kier alpha value is -3.50. The molecule has 0 atom stereocenters. The van der Waals surface area contributed by atoms with E-state index in [1.54, 1.807) is 10.9 Å². The molecule has 146 valence electrons. The summed E-state index contributed by atoms with van der Waals surface area (Å²) < 4.78 is 1.63. The van der Waals surface area contributed by atoms with Crippen LogP contribution in [0.4, 0.5) is 0 Å². The van der Waals surface area contributed by atoms with Crippen molar-refractivity contribution in [1.82, 2.24) is 24.8 Å². The number of hydrogen-bond acceptors (Lipinski definition) is 5. The van der Waals surface area contributed by atoms with Gasteiger partial charge in [0.25, 0.3) is 5.91 Å². The molecular weight excluding hydrogens is 364 g/mol. The van der Waals surface area contributed by atoms with Gasteiger partial charge in [-0.25, -0.2) is 4.68 Å². The number of nitrogens with zero attached hydrogens (tertiary/aromatic N) is 6. The Morgan fingerprint density at radius 2 is 1.79 bits per heavy atom. The molecule has 1 aromatic heterocycles. The van der Waals surface area contributed by atoms with Crippen molar-refractivity contribution in [3.05, 3.63) is 77.6 Å². The molecule has 0 spiro atoms. The van der Waals surface area contributed by atoms with Crippen LogP contribution in [0.15, 0.2) is 60.8 Å². The van der Waals surface area contributed by atoms with Gasteiger partial charge in [-0.1, -0.05) is 35.5 Å². The summed E-state index contributed by atoms with van der Waals surface area (Å²) in [5.41, 5.74) is 3.09. The van der Waals surface area contributed by atoms with Crippen molar-refractivity contribution in [2.45, 2.75) is 13.0 Å². The number of carbonyl (C=O) groups excluding carboxylic acids is 1. The van der Waals surface area contributed by atoms with Gasteiger partial charge in [0.05, 0.1) is 23.5 Å². The van der Waals surface area contributed by atoms with E-state index in [1.165, 1.54) is 5.56 Å². The summed E-state index contributed by atoms with van der Waals surface area (Å²) in [6.45, 7) is 3.92. The maximum Gasteiger partial charge on any atom is 0.276 e. The number of carbonyl (C=O) groups is 1. The normalized spacial score (nSPS) is 14.9. The Kier molecular flexibility index (Phi) is 5.63. The fourth-order valence-electron chi connectivity index (χ4n) is 3.51. The maximum atomic E-state index is 12.9. The molecule has 7 heteroatoms. The summed E-state index contributed by atoms with van der Waals surface area (Å²) in [5.74, 6) is -0.0765. The zero-order valence-corrected chi connectivity index (χ0v) is 16.1. The van der Waals surface area contributed by atoms with Crippen LogP contribution in [0, 0.1) is 11.3 Å². The molecule has 2 heterocycles. The number of hydrogen-bond donors (Lipinski definition) is 0. The van der Waals surface area contributed by atoms with Gasteiger partial charge < -0.3 is 4.90 Å². The van der Waals surface area contributed by atoms with Crippen LogP contribution in [0.2, 0.25) is 0 Å². The molecule has 1 amide bonds. The average molecular weight is 386 g/mol. The average Bonchev–Trinajstić information content (AvgIpc) is 3.15. The van der Waals surface area contributed by atoms with Crippen molar-refractivity contribution in [2.24, 2.45) is 0 Å². The van der Waals surface area contributed by atoms with Gasteiger partial charge in [0.2, 0.25) is 0 Å². The zero-order valence-electron chi connectivity index (χ0n) is 16.1. The molecule has 1 aliphatic heterocycles. The molecule has 1 fully saturated rings. The van der Waals surface area contributed by atoms with Crippen LogP contribution in [-0.2, 0) is 6.54 Å². The van der Waals surface area contributed by atoms with Crippen LogP contribution in [0.5, 0.6) is 0 Å². The highest BCUT2D eigenvalue weighted by Gasteiger charge is 2.22. The largest absolute Gasteiger partial charge is 0.336 e. The molecule has 29 heavy (non-hydrogen) atoms. The number of nitriles is 1. The monoisotopic (exact) mass is 386 g/mol. The number of rotatable bonds is 4. The summed E-state index contributed by atoms with van der Waals surface area (Å²) in [5, 5.41) is 17.1. The fraction of sp³-hybridized carbons (Fsp3) is 0.273. The molecule has 1 aliphatic rings. The Morgan fingerprint density at radius 3 is 2.55 bits per heavy atom. The minimum Gasteiger partial charge on any atom is -0.336 e. The second kappa shape index (κ2) is 8.67. The Bertz CT molecular complexity index is 1010. The van der Waals surface area contributed by atoms with Crippen LogP contribution < -0.4 is 0 Å². The summed E-state index contributed by atoms with van der Waals surface area (Å²) in [4.78, 5) is 17.1. The SMILES string of the molecule is N#Cc1ccc(CN2CCCN(C(=O)c3cn(-c4ccccc4)nn3)CC2)cc1. The molecule has 0 unspecified atom stereocenters. The third-order valence-corrected chi connectivity index (χ3v) is 5.10. The highest BCUT2D eigenvalue weighted by molar-refractivity contribution is 5.92. The molecule has 4 rings (SSSR count). The number of aromatic nitrogens is 3. The maximum absolute atomic E-state index is 12.9. The molecule has 3 aromatic rings. The minimum absolute atomic E-state index is 0.0765. The first-order valence-electron chi connectivity index (χ1n) is 9.71. The Morgan fingerprint density at radius 1 is 1.00 bits per heavy atom. The van der Waals surface area contributed by atoms with E-state index < -0.39 is 0 Å². The minimum atomic E-state index is -0.0765. The molecule has 0 bridgehead atoms. The third-order valence-electron chi connectivity index (χ3n) is 5.10. The van der Waals surface area contributed by atoms with Gasteiger partial charge in [0.15, 0.2) is 5.69 Å². The zero-order chi connectivity index (χ0) is 20.1. The van der Waals surface area contributed by atoms with Crippen molar-refractivity contribution in [2.75, 3.05) is 26.2 Å². The van der Waals surface area contributed by atoms with Gasteiger partial charge in [-0.2, -0.15) is 5.26 Å². The second-order valence-corrected chi connectivity index (χ2v) is 7.11. The van der Waals surface area contributed by atoms with Crippen molar-refractivity contribution in [3.63, 3.8) is 0 Å². The predicted molar refractivity (Wildman–Crippen MR) is 108 cm³/mol. The quantitative estimate of drug-likeness (QED) is 0.688. The second-order valence-electron chi connectivity index (χ2n) is 7.11. The standard InChI is InChI=1S/C22H22N6O/c23-15-18-7-9-19(10-8-18)16-26-11-4-12-27(14-13-26)22(29)21-17-28(25-24-21)20-5-2-1-3-6-20/h1-3,5-10,17H,4,11-14,16H2. The van der Waals surface area contributed by atoms with Crippen molar-refractivity contribution in [3.8, 4) is 11.8 Å². The first-order valence-corrected chi connectivity index (χ1v) is 9.71. The lowest BCUT2D eigenvalue weighted by atomic mass is 10.1. The summed E-state index contributed by atoms with van der Waals surface area (Å²) in [7, 11) is 0. The molecular formula is C22H22N6O. The summed E-state index contributed by atoms with van der Waals surface area (Å²) >= 11 is 0. The van der Waals surface area contributed by atoms with Crippen LogP contribution in [0.3, 0.4) is 0 Å². The van der Waals surface area contributed by atoms with E-state index >= 15 is 0 Å². The van der Waals surface area contributed by atoms with Gasteiger partial charge in [-0.05, 0) is 36.2 Å². The molecule has 7 nitrogen and oxygen atoms in total. The first-order chi connectivity index (χ1) is 14.2. The van der Waals surface area contributed by atoms with E-state index in [0.29, 0.717) is 24.3 Å². The smallest absolute Gasteiger partial charge is 0.276 e. The summed E-state index contributed by atoms with van der Waals surface area (Å²) in [6.07, 6.45) is 2.60. The van der Waals surface area contributed by atoms with Gasteiger partial charge in [0.1, 0.15) is 0 Å². The highest BCUT2D eigenvalue weighted by atomic mass is 16.2. The van der Waals surface area contributed by atoms with Crippen LogP contribution in [-0.4, -0.2) is 56.9 Å². The first kappa shape index (κ1) is 18.8. The molecule has 0 aliphatic carbocycles. The van der Waals surface area contributed by atoms with E-state index in [-0.39, 0.29) is 5.91 Å². The molecule has 0 saturated carbocycles. The molecule has 1 saturated heterocycles. The van der Waals surface area contributed by atoms with Crippen molar-refractivity contribution >= 4 is 5.91 Å². The van der Waals surface area contributed by atoms with Crippen molar-refractivity contribution in [1.29, 1.82) is 5.26 Å². The molecule has 2 aromatic carbocycles. The van der Waals surface area contributed by atoms with Crippen LogP contribution in [0.25, 0.3) is 5.69 Å². The lowest BCUT2D eigenvalue weighted by Crippen LogP contribution is -2.35. The van der Waals surface area contributed by atoms with Crippen molar-refractivity contribution < 1.29 is 4.79 Å². The fourth-order valence-corrected chi connectivity index (χ4v) is 3.51. The van der Waals surface area contributed by atoms with Gasteiger partial charge in [-0.15, -0.1) is 5.10 Å². The Balaban J connectivity index is 1.37. The van der Waals surface area contributed by atoms with Gasteiger partial charge in [0, 0.05) is 32.7 Å². The number of benzene rings is 2. The molecule has 0 N–H and O–H groups in total. The summed E-state index contributed by atoms with van der Waals surface area (Å²) in [6, 6.07) is 19.5. The lowest BCUT2D eigenvalue weighted by molar-refractivity contribution is 0.0755. The lowest BCUT2D eigenvalue weighted by Gasteiger charge is -2.21. The van der Waals surface area contributed by atoms with E-state index in [4.69, 9.17) is 5.26 Å². The van der Waals surface area contributed by atoms with E-state index in [0.717, 1.165) is 31.7 Å². The molecule has 0 radical (unpaired) electrons.